The maximum Gasteiger partial charge on any atom is 0.122 e. The quantitative estimate of drug-likeness (QED) is 0.901. The fourth-order valence-electron chi connectivity index (χ4n) is 3.52. The Kier molecular flexibility index (Phi) is 4.81. The fourth-order valence-corrected chi connectivity index (χ4v) is 3.52. The molecule has 3 rings (SSSR count). The maximum absolute atomic E-state index is 5.84. The summed E-state index contributed by atoms with van der Waals surface area (Å²) in [7, 11) is 0. The summed E-state index contributed by atoms with van der Waals surface area (Å²) in [6.45, 7) is 8.91. The Morgan fingerprint density at radius 2 is 2.10 bits per heavy atom. The minimum Gasteiger partial charge on any atom is -0.493 e. The van der Waals surface area contributed by atoms with E-state index in [1.54, 1.807) is 0 Å². The van der Waals surface area contributed by atoms with Crippen LogP contribution in [0.15, 0.2) is 24.3 Å². The van der Waals surface area contributed by atoms with Gasteiger partial charge in [0.2, 0.25) is 0 Å². The van der Waals surface area contributed by atoms with E-state index in [0.29, 0.717) is 18.0 Å². The molecule has 1 aromatic rings. The van der Waals surface area contributed by atoms with Crippen molar-refractivity contribution in [3.8, 4) is 5.75 Å². The van der Waals surface area contributed by atoms with Gasteiger partial charge in [-0.2, -0.15) is 0 Å². The van der Waals surface area contributed by atoms with Crippen LogP contribution in [0.5, 0.6) is 5.75 Å². The van der Waals surface area contributed by atoms with Crippen molar-refractivity contribution in [1.29, 1.82) is 0 Å². The zero-order valence-corrected chi connectivity index (χ0v) is 13.3. The molecule has 2 heterocycles. The van der Waals surface area contributed by atoms with Crippen LogP contribution >= 0.6 is 0 Å². The third-order valence-corrected chi connectivity index (χ3v) is 4.85. The molecule has 2 atom stereocenters. The van der Waals surface area contributed by atoms with Crippen molar-refractivity contribution in [1.82, 2.24) is 10.2 Å². The summed E-state index contributed by atoms with van der Waals surface area (Å²) in [5, 5.41) is 3.68. The molecule has 1 fully saturated rings. The van der Waals surface area contributed by atoms with Crippen molar-refractivity contribution in [2.75, 3.05) is 26.2 Å². The third-order valence-electron chi connectivity index (χ3n) is 4.85. The maximum atomic E-state index is 5.84. The van der Waals surface area contributed by atoms with Crippen LogP contribution in [0.25, 0.3) is 0 Å². The van der Waals surface area contributed by atoms with E-state index in [2.05, 4.69) is 48.3 Å². The van der Waals surface area contributed by atoms with Crippen molar-refractivity contribution >= 4 is 0 Å². The van der Waals surface area contributed by atoms with E-state index >= 15 is 0 Å². The molecule has 0 radical (unpaired) electrons. The van der Waals surface area contributed by atoms with E-state index < -0.39 is 0 Å². The highest BCUT2D eigenvalue weighted by molar-refractivity contribution is 5.39. The van der Waals surface area contributed by atoms with Crippen LogP contribution in [0.4, 0.5) is 0 Å². The third kappa shape index (κ3) is 3.58. The Labute approximate surface area is 128 Å². The number of benzene rings is 1. The normalized spacial score (nSPS) is 25.1. The highest BCUT2D eigenvalue weighted by Gasteiger charge is 2.28. The molecule has 0 spiro atoms. The molecular formula is C18H28N2O. The SMILES string of the molecule is CC(C)N(CC1CCCCN1)CC1COc2ccccc21. The lowest BCUT2D eigenvalue weighted by Crippen LogP contribution is -2.47. The highest BCUT2D eigenvalue weighted by atomic mass is 16.5. The summed E-state index contributed by atoms with van der Waals surface area (Å²) in [4.78, 5) is 2.62. The number of piperidine rings is 1. The van der Waals surface area contributed by atoms with Gasteiger partial charge < -0.3 is 10.1 Å². The summed E-state index contributed by atoms with van der Waals surface area (Å²) < 4.78 is 5.84. The lowest BCUT2D eigenvalue weighted by molar-refractivity contribution is 0.166. The first-order valence-corrected chi connectivity index (χ1v) is 8.43. The Balaban J connectivity index is 1.63. The molecule has 116 valence electrons. The zero-order chi connectivity index (χ0) is 14.7. The molecule has 0 amide bonds. The van der Waals surface area contributed by atoms with E-state index in [1.807, 2.05) is 0 Å². The number of hydrogen-bond acceptors (Lipinski definition) is 3. The van der Waals surface area contributed by atoms with Crippen LogP contribution in [0.3, 0.4) is 0 Å². The molecule has 0 bridgehead atoms. The van der Waals surface area contributed by atoms with Crippen molar-refractivity contribution < 1.29 is 4.74 Å². The van der Waals surface area contributed by atoms with Gasteiger partial charge in [0.15, 0.2) is 0 Å². The summed E-state index contributed by atoms with van der Waals surface area (Å²) in [6.07, 6.45) is 4.03. The first-order valence-electron chi connectivity index (χ1n) is 8.43. The second-order valence-electron chi connectivity index (χ2n) is 6.74. The number of hydrogen-bond donors (Lipinski definition) is 1. The molecule has 2 aliphatic heterocycles. The molecule has 3 nitrogen and oxygen atoms in total. The van der Waals surface area contributed by atoms with Crippen molar-refractivity contribution in [2.45, 2.75) is 51.1 Å². The van der Waals surface area contributed by atoms with E-state index in [1.165, 1.54) is 31.4 Å². The Morgan fingerprint density at radius 3 is 2.86 bits per heavy atom. The van der Waals surface area contributed by atoms with Crippen LogP contribution in [-0.2, 0) is 0 Å². The molecule has 0 aliphatic carbocycles. The molecular weight excluding hydrogens is 260 g/mol. The van der Waals surface area contributed by atoms with E-state index in [4.69, 9.17) is 4.74 Å². The molecule has 0 aromatic heterocycles. The molecule has 1 aromatic carbocycles. The summed E-state index contributed by atoms with van der Waals surface area (Å²) in [6, 6.07) is 9.76. The van der Waals surface area contributed by atoms with Crippen molar-refractivity contribution in [2.24, 2.45) is 0 Å². The standard InChI is InChI=1S/C18H28N2O/c1-14(2)20(12-16-7-5-6-10-19-16)11-15-13-21-18-9-4-3-8-17(15)18/h3-4,8-9,14-16,19H,5-7,10-13H2,1-2H3. The molecule has 2 unspecified atom stereocenters. The first-order chi connectivity index (χ1) is 10.2. The van der Waals surface area contributed by atoms with E-state index in [-0.39, 0.29) is 0 Å². The number of fused-ring (bicyclic) bond motifs is 1. The van der Waals surface area contributed by atoms with Gasteiger partial charge in [-0.25, -0.2) is 0 Å². The van der Waals surface area contributed by atoms with Crippen molar-refractivity contribution in [3.05, 3.63) is 29.8 Å². The predicted octanol–water partition coefficient (Wildman–Crippen LogP) is 3.02. The first kappa shape index (κ1) is 14.9. The van der Waals surface area contributed by atoms with Gasteiger partial charge in [0.05, 0.1) is 6.61 Å². The van der Waals surface area contributed by atoms with E-state index in [9.17, 15) is 0 Å². The van der Waals surface area contributed by atoms with Crippen LogP contribution in [0.1, 0.15) is 44.6 Å². The number of para-hydroxylation sites is 1. The van der Waals surface area contributed by atoms with Gasteiger partial charge in [-0.3, -0.25) is 4.90 Å². The second kappa shape index (κ2) is 6.80. The smallest absolute Gasteiger partial charge is 0.122 e. The Morgan fingerprint density at radius 1 is 1.24 bits per heavy atom. The molecule has 21 heavy (non-hydrogen) atoms. The predicted molar refractivity (Wildman–Crippen MR) is 87.0 cm³/mol. The van der Waals surface area contributed by atoms with Crippen LogP contribution in [-0.4, -0.2) is 43.2 Å². The average molecular weight is 288 g/mol. The minimum absolute atomic E-state index is 0.521. The Hall–Kier alpha value is -1.06. The largest absolute Gasteiger partial charge is 0.493 e. The number of nitrogens with zero attached hydrogens (tertiary/aromatic N) is 1. The fraction of sp³-hybridized carbons (Fsp3) is 0.667. The number of rotatable bonds is 5. The molecule has 2 aliphatic rings. The second-order valence-corrected chi connectivity index (χ2v) is 6.74. The average Bonchev–Trinajstić information content (AvgIpc) is 2.91. The van der Waals surface area contributed by atoms with Gasteiger partial charge in [0.25, 0.3) is 0 Å². The van der Waals surface area contributed by atoms with Gasteiger partial charge in [0.1, 0.15) is 5.75 Å². The van der Waals surface area contributed by atoms with E-state index in [0.717, 1.165) is 25.4 Å². The van der Waals surface area contributed by atoms with Crippen molar-refractivity contribution in [3.63, 3.8) is 0 Å². The van der Waals surface area contributed by atoms with Crippen LogP contribution < -0.4 is 10.1 Å². The summed E-state index contributed by atoms with van der Waals surface area (Å²) >= 11 is 0. The minimum atomic E-state index is 0.521. The molecule has 1 N–H and O–H groups in total. The monoisotopic (exact) mass is 288 g/mol. The lowest BCUT2D eigenvalue weighted by atomic mass is 9.98. The molecule has 3 heteroatoms. The summed E-state index contributed by atoms with van der Waals surface area (Å²) in [5.74, 6) is 1.61. The van der Waals surface area contributed by atoms with Crippen LogP contribution in [0, 0.1) is 0 Å². The molecule has 1 saturated heterocycles. The van der Waals surface area contributed by atoms with Gasteiger partial charge in [-0.15, -0.1) is 0 Å². The number of nitrogens with one attached hydrogen (secondary N) is 1. The topological polar surface area (TPSA) is 24.5 Å². The van der Waals surface area contributed by atoms with Crippen LogP contribution in [0.2, 0.25) is 0 Å². The molecule has 0 saturated carbocycles. The van der Waals surface area contributed by atoms with Gasteiger partial charge in [-0.05, 0) is 39.3 Å². The lowest BCUT2D eigenvalue weighted by Gasteiger charge is -2.34. The summed E-state index contributed by atoms with van der Waals surface area (Å²) in [5.41, 5.74) is 1.39. The van der Waals surface area contributed by atoms with Gasteiger partial charge >= 0.3 is 0 Å². The zero-order valence-electron chi connectivity index (χ0n) is 13.3. The number of ether oxygens (including phenoxy) is 1. The Bertz CT molecular complexity index is 454. The van der Waals surface area contributed by atoms with Gasteiger partial charge in [0, 0.05) is 36.7 Å². The highest BCUT2D eigenvalue weighted by Crippen LogP contribution is 2.34. The van der Waals surface area contributed by atoms with Gasteiger partial charge in [-0.1, -0.05) is 24.6 Å².